The smallest absolute Gasteiger partial charge is 0.325 e. The maximum Gasteiger partial charge on any atom is 0.325 e. The molecule has 25 heavy (non-hydrogen) atoms. The molecule has 2 aromatic rings. The van der Waals surface area contributed by atoms with Crippen LogP contribution in [0.3, 0.4) is 0 Å². The maximum absolute atomic E-state index is 11.5. The summed E-state index contributed by atoms with van der Waals surface area (Å²) in [5.41, 5.74) is 1.29. The Bertz CT molecular complexity index is 816. The topological polar surface area (TPSA) is 82.1 Å². The van der Waals surface area contributed by atoms with Gasteiger partial charge in [-0.05, 0) is 51.2 Å². The molecule has 0 aromatic carbocycles. The summed E-state index contributed by atoms with van der Waals surface area (Å²) in [6.07, 6.45) is 8.27. The van der Waals surface area contributed by atoms with Gasteiger partial charge in [-0.15, -0.1) is 0 Å². The third-order valence-corrected chi connectivity index (χ3v) is 4.52. The molecular weight excluding hydrogens is 318 g/mol. The van der Waals surface area contributed by atoms with Crippen molar-refractivity contribution in [3.8, 4) is 0 Å². The highest BCUT2D eigenvalue weighted by atomic mass is 16.3. The second-order valence-corrected chi connectivity index (χ2v) is 6.69. The van der Waals surface area contributed by atoms with Gasteiger partial charge in [-0.2, -0.15) is 0 Å². The fraction of sp³-hybridized carbons (Fsp3) is 0.474. The van der Waals surface area contributed by atoms with Gasteiger partial charge in [0.15, 0.2) is 0 Å². The van der Waals surface area contributed by atoms with E-state index in [0.717, 1.165) is 24.5 Å². The number of aryl methyl sites for hydroxylation is 1. The minimum atomic E-state index is -0.466. The van der Waals surface area contributed by atoms with E-state index in [9.17, 15) is 9.59 Å². The lowest BCUT2D eigenvalue weighted by atomic mass is 9.97. The van der Waals surface area contributed by atoms with Gasteiger partial charge in [0, 0.05) is 24.8 Å². The Labute approximate surface area is 146 Å². The van der Waals surface area contributed by atoms with Crippen LogP contribution in [0.1, 0.15) is 49.3 Å². The Balaban J connectivity index is 1.71. The lowest BCUT2D eigenvalue weighted by molar-refractivity contribution is 0.232. The van der Waals surface area contributed by atoms with Crippen molar-refractivity contribution in [1.29, 1.82) is 0 Å². The maximum atomic E-state index is 11.5. The van der Waals surface area contributed by atoms with E-state index in [1.807, 2.05) is 19.1 Å². The standard InChI is InChI=1S/C19H25N3O3/c1-14-7-8-17(25-14)13-22(10-9-15-5-3-2-4-6-15)12-16-11-18(23)21-19(24)20-16/h5,7-8,11H,2-4,6,9-10,12-13H2,1H3,(H2,20,21,23,24). The zero-order valence-corrected chi connectivity index (χ0v) is 14.6. The van der Waals surface area contributed by atoms with Crippen molar-refractivity contribution in [2.75, 3.05) is 6.54 Å². The third kappa shape index (κ3) is 5.32. The first-order chi connectivity index (χ1) is 12.1. The molecule has 3 rings (SSSR count). The monoisotopic (exact) mass is 343 g/mol. The number of H-pyrrole nitrogens is 2. The summed E-state index contributed by atoms with van der Waals surface area (Å²) >= 11 is 0. The highest BCUT2D eigenvalue weighted by molar-refractivity contribution is 5.08. The van der Waals surface area contributed by atoms with E-state index in [-0.39, 0.29) is 5.56 Å². The van der Waals surface area contributed by atoms with Gasteiger partial charge in [0.1, 0.15) is 11.5 Å². The summed E-state index contributed by atoms with van der Waals surface area (Å²) in [6, 6.07) is 5.37. The van der Waals surface area contributed by atoms with Crippen molar-refractivity contribution in [3.05, 3.63) is 67.9 Å². The van der Waals surface area contributed by atoms with Gasteiger partial charge in [0.05, 0.1) is 6.54 Å². The average Bonchev–Trinajstić information content (AvgIpc) is 2.97. The van der Waals surface area contributed by atoms with Crippen LogP contribution in [0.15, 0.2) is 43.9 Å². The summed E-state index contributed by atoms with van der Waals surface area (Å²) < 4.78 is 5.69. The third-order valence-electron chi connectivity index (χ3n) is 4.52. The number of furan rings is 1. The Morgan fingerprint density at radius 3 is 2.72 bits per heavy atom. The van der Waals surface area contributed by atoms with Gasteiger partial charge in [-0.1, -0.05) is 11.6 Å². The largest absolute Gasteiger partial charge is 0.465 e. The molecule has 1 aliphatic rings. The van der Waals surface area contributed by atoms with Crippen molar-refractivity contribution >= 4 is 0 Å². The first kappa shape index (κ1) is 17.5. The Hall–Kier alpha value is -2.34. The first-order valence-corrected chi connectivity index (χ1v) is 8.86. The predicted molar refractivity (Wildman–Crippen MR) is 96.4 cm³/mol. The lowest BCUT2D eigenvalue weighted by Gasteiger charge is -2.22. The summed E-state index contributed by atoms with van der Waals surface area (Å²) in [4.78, 5) is 30.2. The van der Waals surface area contributed by atoms with E-state index < -0.39 is 5.69 Å². The number of nitrogens with zero attached hydrogens (tertiary/aromatic N) is 1. The van der Waals surface area contributed by atoms with Crippen LogP contribution in [0.5, 0.6) is 0 Å². The van der Waals surface area contributed by atoms with E-state index in [2.05, 4.69) is 20.9 Å². The molecule has 2 heterocycles. The summed E-state index contributed by atoms with van der Waals surface area (Å²) in [6.45, 7) is 3.94. The SMILES string of the molecule is Cc1ccc(CN(CCC2=CCCCC2)Cc2cc(=O)[nH]c(=O)[nH]2)o1. The molecule has 0 saturated carbocycles. The van der Waals surface area contributed by atoms with Crippen LogP contribution in [0.2, 0.25) is 0 Å². The van der Waals surface area contributed by atoms with Crippen LogP contribution in [-0.2, 0) is 13.1 Å². The van der Waals surface area contributed by atoms with E-state index >= 15 is 0 Å². The molecule has 0 radical (unpaired) electrons. The Morgan fingerprint density at radius 1 is 1.16 bits per heavy atom. The average molecular weight is 343 g/mol. The molecule has 2 N–H and O–H groups in total. The molecule has 0 amide bonds. The van der Waals surface area contributed by atoms with Gasteiger partial charge >= 0.3 is 5.69 Å². The van der Waals surface area contributed by atoms with E-state index in [0.29, 0.717) is 18.8 Å². The van der Waals surface area contributed by atoms with E-state index in [1.165, 1.54) is 37.3 Å². The molecule has 0 saturated heterocycles. The van der Waals surface area contributed by atoms with Crippen molar-refractivity contribution in [3.63, 3.8) is 0 Å². The second kappa shape index (κ2) is 8.16. The zero-order valence-electron chi connectivity index (χ0n) is 14.6. The molecule has 6 heteroatoms. The second-order valence-electron chi connectivity index (χ2n) is 6.69. The molecule has 0 unspecified atom stereocenters. The van der Waals surface area contributed by atoms with Gasteiger partial charge in [-0.3, -0.25) is 14.7 Å². The molecule has 0 bridgehead atoms. The van der Waals surface area contributed by atoms with Crippen LogP contribution in [0.4, 0.5) is 0 Å². The molecule has 0 fully saturated rings. The van der Waals surface area contributed by atoms with E-state index in [4.69, 9.17) is 4.42 Å². The number of allylic oxidation sites excluding steroid dienone is 1. The molecule has 6 nitrogen and oxygen atoms in total. The van der Waals surface area contributed by atoms with E-state index in [1.54, 1.807) is 0 Å². The van der Waals surface area contributed by atoms with Crippen LogP contribution < -0.4 is 11.2 Å². The number of hydrogen-bond acceptors (Lipinski definition) is 4. The normalized spacial score (nSPS) is 14.7. The highest BCUT2D eigenvalue weighted by Gasteiger charge is 2.13. The van der Waals surface area contributed by atoms with Crippen LogP contribution in [-0.4, -0.2) is 21.4 Å². The zero-order chi connectivity index (χ0) is 17.6. The molecule has 134 valence electrons. The van der Waals surface area contributed by atoms with Crippen molar-refractivity contribution < 1.29 is 4.42 Å². The van der Waals surface area contributed by atoms with Crippen molar-refractivity contribution in [1.82, 2.24) is 14.9 Å². The van der Waals surface area contributed by atoms with Gasteiger partial charge in [0.2, 0.25) is 0 Å². The van der Waals surface area contributed by atoms with Crippen LogP contribution >= 0.6 is 0 Å². The lowest BCUT2D eigenvalue weighted by Crippen LogP contribution is -2.29. The van der Waals surface area contributed by atoms with Crippen molar-refractivity contribution in [2.45, 2.75) is 52.1 Å². The fourth-order valence-corrected chi connectivity index (χ4v) is 3.28. The number of nitrogens with one attached hydrogen (secondary N) is 2. The highest BCUT2D eigenvalue weighted by Crippen LogP contribution is 2.21. The van der Waals surface area contributed by atoms with Gasteiger partial charge in [-0.25, -0.2) is 4.79 Å². The van der Waals surface area contributed by atoms with Gasteiger partial charge < -0.3 is 9.40 Å². The number of aromatic amines is 2. The summed E-state index contributed by atoms with van der Waals surface area (Å²) in [7, 11) is 0. The summed E-state index contributed by atoms with van der Waals surface area (Å²) in [5.74, 6) is 1.77. The molecule has 0 spiro atoms. The molecular formula is C19H25N3O3. The minimum Gasteiger partial charge on any atom is -0.465 e. The molecule has 2 aromatic heterocycles. The first-order valence-electron chi connectivity index (χ1n) is 8.86. The molecule has 1 aliphatic carbocycles. The van der Waals surface area contributed by atoms with Crippen LogP contribution in [0, 0.1) is 6.92 Å². The van der Waals surface area contributed by atoms with Crippen LogP contribution in [0.25, 0.3) is 0 Å². The Morgan fingerprint density at radius 2 is 2.04 bits per heavy atom. The number of rotatable bonds is 7. The minimum absolute atomic E-state index is 0.373. The van der Waals surface area contributed by atoms with Gasteiger partial charge in [0.25, 0.3) is 5.56 Å². The number of aromatic nitrogens is 2. The quantitative estimate of drug-likeness (QED) is 0.757. The van der Waals surface area contributed by atoms with Crippen molar-refractivity contribution in [2.24, 2.45) is 0 Å². The fourth-order valence-electron chi connectivity index (χ4n) is 3.28. The molecule has 0 aliphatic heterocycles. The Kier molecular flexibility index (Phi) is 5.71. The predicted octanol–water partition coefficient (Wildman–Crippen LogP) is 2.86. The molecule has 0 atom stereocenters. The summed E-state index contributed by atoms with van der Waals surface area (Å²) in [5, 5.41) is 0. The number of hydrogen-bond donors (Lipinski definition) is 2.